The monoisotopic (exact) mass is 446 g/mol. The van der Waals surface area contributed by atoms with Crippen LogP contribution in [-0.4, -0.2) is 42.2 Å². The molecule has 1 aliphatic heterocycles. The number of thioether (sulfide) groups is 1. The number of carbonyl (C=O) groups is 2. The van der Waals surface area contributed by atoms with Crippen LogP contribution in [0.3, 0.4) is 0 Å². The van der Waals surface area contributed by atoms with Crippen molar-refractivity contribution in [2.75, 3.05) is 30.8 Å². The van der Waals surface area contributed by atoms with Gasteiger partial charge in [0.05, 0.1) is 12.2 Å². The maximum absolute atomic E-state index is 12.6. The highest BCUT2D eigenvalue weighted by Crippen LogP contribution is 2.38. The van der Waals surface area contributed by atoms with Crippen molar-refractivity contribution >= 4 is 40.0 Å². The van der Waals surface area contributed by atoms with Crippen LogP contribution < -0.4 is 5.32 Å². The number of anilines is 1. The van der Waals surface area contributed by atoms with Gasteiger partial charge in [0, 0.05) is 35.0 Å². The van der Waals surface area contributed by atoms with Crippen LogP contribution in [0.15, 0.2) is 29.2 Å². The zero-order valence-electron chi connectivity index (χ0n) is 18.0. The molecule has 2 aromatic rings. The minimum Gasteiger partial charge on any atom is -0.462 e. The number of fused-ring (bicyclic) bond motifs is 1. The van der Waals surface area contributed by atoms with Gasteiger partial charge in [-0.05, 0) is 50.9 Å². The molecule has 30 heavy (non-hydrogen) atoms. The topological polar surface area (TPSA) is 58.6 Å². The molecule has 1 aliphatic rings. The molecule has 0 unspecified atom stereocenters. The second-order valence-corrected chi connectivity index (χ2v) is 9.69. The molecule has 162 valence electrons. The molecular formula is C23H30N2O3S2. The lowest BCUT2D eigenvalue weighted by molar-refractivity contribution is -0.115. The van der Waals surface area contributed by atoms with Gasteiger partial charge in [-0.15, -0.1) is 23.1 Å². The Kier molecular flexibility index (Phi) is 8.36. The first-order valence-electron chi connectivity index (χ1n) is 10.5. The Morgan fingerprint density at radius 3 is 2.70 bits per heavy atom. The Morgan fingerprint density at radius 2 is 2.00 bits per heavy atom. The van der Waals surface area contributed by atoms with E-state index >= 15 is 0 Å². The number of hydrogen-bond donors (Lipinski definition) is 1. The van der Waals surface area contributed by atoms with E-state index in [4.69, 9.17) is 4.74 Å². The molecule has 0 spiro atoms. The minimum absolute atomic E-state index is 0.0656. The number of ether oxygens (including phenoxy) is 1. The smallest absolute Gasteiger partial charge is 0.341 e. The fraction of sp³-hybridized carbons (Fsp3) is 0.478. The summed E-state index contributed by atoms with van der Waals surface area (Å²) in [5.74, 6) is 0.298. The average Bonchev–Trinajstić information content (AvgIpc) is 3.07. The summed E-state index contributed by atoms with van der Waals surface area (Å²) in [4.78, 5) is 29.9. The predicted octanol–water partition coefficient (Wildman–Crippen LogP) is 5.12. The van der Waals surface area contributed by atoms with Gasteiger partial charge in [0.1, 0.15) is 5.00 Å². The fourth-order valence-electron chi connectivity index (χ4n) is 3.56. The first-order chi connectivity index (χ1) is 14.5. The van der Waals surface area contributed by atoms with Gasteiger partial charge in [0.25, 0.3) is 0 Å². The molecule has 0 atom stereocenters. The molecule has 5 nitrogen and oxygen atoms in total. The number of nitrogens with zero attached hydrogens (tertiary/aromatic N) is 1. The first-order valence-corrected chi connectivity index (χ1v) is 12.3. The van der Waals surface area contributed by atoms with Crippen LogP contribution >= 0.6 is 23.1 Å². The summed E-state index contributed by atoms with van der Waals surface area (Å²) in [6, 6.07) is 8.30. The maximum atomic E-state index is 12.6. The Labute approximate surface area is 187 Å². The quantitative estimate of drug-likeness (QED) is 0.428. The number of amides is 1. The van der Waals surface area contributed by atoms with E-state index in [-0.39, 0.29) is 11.9 Å². The molecule has 2 heterocycles. The molecule has 0 radical (unpaired) electrons. The van der Waals surface area contributed by atoms with Crippen molar-refractivity contribution in [2.24, 2.45) is 0 Å². The third kappa shape index (κ3) is 5.86. The number of carbonyl (C=O) groups excluding carboxylic acids is 2. The van der Waals surface area contributed by atoms with Crippen molar-refractivity contribution in [1.82, 2.24) is 4.90 Å². The van der Waals surface area contributed by atoms with Crippen molar-refractivity contribution in [3.8, 4) is 0 Å². The lowest BCUT2D eigenvalue weighted by atomic mass is 10.0. The van der Waals surface area contributed by atoms with Crippen LogP contribution in [0.5, 0.6) is 0 Å². The zero-order chi connectivity index (χ0) is 21.5. The van der Waals surface area contributed by atoms with Crippen LogP contribution in [0.1, 0.15) is 53.1 Å². The summed E-state index contributed by atoms with van der Waals surface area (Å²) in [6.07, 6.45) is 2.32. The van der Waals surface area contributed by atoms with Gasteiger partial charge in [-0.3, -0.25) is 9.69 Å². The summed E-state index contributed by atoms with van der Waals surface area (Å²) < 4.78 is 5.30. The molecule has 0 saturated heterocycles. The molecule has 1 N–H and O–H groups in total. The van der Waals surface area contributed by atoms with Crippen molar-refractivity contribution in [3.63, 3.8) is 0 Å². The fourth-order valence-corrected chi connectivity index (χ4v) is 5.70. The van der Waals surface area contributed by atoms with Crippen LogP contribution in [0.2, 0.25) is 0 Å². The zero-order valence-corrected chi connectivity index (χ0v) is 19.6. The number of thiophene rings is 1. The molecule has 0 fully saturated rings. The molecule has 7 heteroatoms. The number of benzene rings is 1. The number of esters is 1. The summed E-state index contributed by atoms with van der Waals surface area (Å²) in [5.41, 5.74) is 2.84. The summed E-state index contributed by atoms with van der Waals surface area (Å²) in [5, 5.41) is 3.64. The standard InChI is InChI=1S/C23H30N2O3S2/c1-4-12-25-13-10-18-19(15-25)30-22(21(18)23(27)28-5-2)24-20(26)11-14-29-17-8-6-16(3)7-9-17/h6-9H,4-5,10-15H2,1-3H3,(H,24,26). The van der Waals surface area contributed by atoms with E-state index in [9.17, 15) is 9.59 Å². The van der Waals surface area contributed by atoms with Gasteiger partial charge < -0.3 is 10.1 Å². The van der Waals surface area contributed by atoms with E-state index in [1.54, 1.807) is 18.7 Å². The molecule has 1 aromatic heterocycles. The lowest BCUT2D eigenvalue weighted by Crippen LogP contribution is -2.30. The van der Waals surface area contributed by atoms with Crippen LogP contribution in [0, 0.1) is 6.92 Å². The number of hydrogen-bond acceptors (Lipinski definition) is 6. The van der Waals surface area contributed by atoms with Gasteiger partial charge in [-0.25, -0.2) is 4.79 Å². The maximum Gasteiger partial charge on any atom is 0.341 e. The third-order valence-corrected chi connectivity index (χ3v) is 7.17. The van der Waals surface area contributed by atoms with Crippen LogP contribution in [-0.2, 0) is 22.5 Å². The highest BCUT2D eigenvalue weighted by atomic mass is 32.2. The molecule has 1 aromatic carbocycles. The number of rotatable bonds is 9. The SMILES string of the molecule is CCCN1CCc2c(sc(NC(=O)CCSc3ccc(C)cc3)c2C(=O)OCC)C1. The van der Waals surface area contributed by atoms with Gasteiger partial charge in [0.15, 0.2) is 0 Å². The van der Waals surface area contributed by atoms with E-state index < -0.39 is 0 Å². The Hall–Kier alpha value is -1.83. The van der Waals surface area contributed by atoms with Crippen molar-refractivity contribution in [2.45, 2.75) is 51.5 Å². The molecular weight excluding hydrogens is 416 g/mol. The Morgan fingerprint density at radius 1 is 1.23 bits per heavy atom. The van der Waals surface area contributed by atoms with Crippen molar-refractivity contribution in [1.29, 1.82) is 0 Å². The van der Waals surface area contributed by atoms with E-state index in [0.29, 0.717) is 29.3 Å². The van der Waals surface area contributed by atoms with E-state index in [1.807, 2.05) is 0 Å². The number of aryl methyl sites for hydroxylation is 1. The first kappa shape index (κ1) is 22.8. The Balaban J connectivity index is 1.67. The molecule has 0 aliphatic carbocycles. The second kappa shape index (κ2) is 11.0. The van der Waals surface area contributed by atoms with Crippen molar-refractivity contribution in [3.05, 3.63) is 45.8 Å². The molecule has 1 amide bonds. The van der Waals surface area contributed by atoms with Crippen molar-refractivity contribution < 1.29 is 14.3 Å². The predicted molar refractivity (Wildman–Crippen MR) is 125 cm³/mol. The van der Waals surface area contributed by atoms with Gasteiger partial charge in [-0.2, -0.15) is 0 Å². The molecule has 3 rings (SSSR count). The average molecular weight is 447 g/mol. The van der Waals surface area contributed by atoms with E-state index in [1.165, 1.54) is 21.8 Å². The molecule has 0 bridgehead atoms. The highest BCUT2D eigenvalue weighted by molar-refractivity contribution is 7.99. The minimum atomic E-state index is -0.330. The van der Waals surface area contributed by atoms with Crippen LogP contribution in [0.4, 0.5) is 5.00 Å². The van der Waals surface area contributed by atoms with E-state index in [0.717, 1.165) is 42.9 Å². The normalized spacial score (nSPS) is 13.7. The highest BCUT2D eigenvalue weighted by Gasteiger charge is 2.29. The molecule has 0 saturated carbocycles. The largest absolute Gasteiger partial charge is 0.462 e. The van der Waals surface area contributed by atoms with Crippen LogP contribution in [0.25, 0.3) is 0 Å². The summed E-state index contributed by atoms with van der Waals surface area (Å²) >= 11 is 3.19. The van der Waals surface area contributed by atoms with E-state index in [2.05, 4.69) is 48.3 Å². The lowest BCUT2D eigenvalue weighted by Gasteiger charge is -2.26. The van der Waals surface area contributed by atoms with Gasteiger partial charge in [0.2, 0.25) is 5.91 Å². The third-order valence-electron chi connectivity index (χ3n) is 5.03. The van der Waals surface area contributed by atoms with Gasteiger partial charge in [-0.1, -0.05) is 24.6 Å². The summed E-state index contributed by atoms with van der Waals surface area (Å²) in [7, 11) is 0. The number of nitrogens with one attached hydrogen (secondary N) is 1. The van der Waals surface area contributed by atoms with Gasteiger partial charge >= 0.3 is 5.97 Å². The Bertz CT molecular complexity index is 877. The second-order valence-electron chi connectivity index (χ2n) is 7.41. The summed E-state index contributed by atoms with van der Waals surface area (Å²) in [6.45, 7) is 9.18.